The zero-order chi connectivity index (χ0) is 14.1. The number of para-hydroxylation sites is 1. The van der Waals surface area contributed by atoms with Crippen LogP contribution in [0.4, 0.5) is 11.4 Å². The third kappa shape index (κ3) is 2.28. The summed E-state index contributed by atoms with van der Waals surface area (Å²) in [6.07, 6.45) is 1.83. The molecule has 0 saturated heterocycles. The number of halogens is 1. The van der Waals surface area contributed by atoms with Gasteiger partial charge in [0.25, 0.3) is 5.91 Å². The maximum atomic E-state index is 12.1. The number of hydrogen-bond acceptors (Lipinski definition) is 2. The number of hydrogen-bond donors (Lipinski definition) is 1. The topological polar surface area (TPSA) is 32.3 Å². The van der Waals surface area contributed by atoms with Crippen molar-refractivity contribution >= 4 is 34.5 Å². The van der Waals surface area contributed by atoms with Gasteiger partial charge in [0.2, 0.25) is 0 Å². The molecule has 0 unspecified atom stereocenters. The van der Waals surface area contributed by atoms with Gasteiger partial charge in [0.15, 0.2) is 0 Å². The van der Waals surface area contributed by atoms with Crippen molar-refractivity contribution in [3.63, 3.8) is 0 Å². The molecule has 0 radical (unpaired) electrons. The van der Waals surface area contributed by atoms with E-state index in [4.69, 9.17) is 11.6 Å². The Morgan fingerprint density at radius 3 is 2.65 bits per heavy atom. The number of nitrogens with one attached hydrogen (secondary N) is 1. The number of benzene rings is 2. The molecule has 3 nitrogen and oxygen atoms in total. The summed E-state index contributed by atoms with van der Waals surface area (Å²) in [6, 6.07) is 15.3. The quantitative estimate of drug-likeness (QED) is 0.852. The van der Waals surface area contributed by atoms with Gasteiger partial charge in [0.1, 0.15) is 0 Å². The molecule has 0 aromatic heterocycles. The van der Waals surface area contributed by atoms with Gasteiger partial charge >= 0.3 is 0 Å². The van der Waals surface area contributed by atoms with Crippen LogP contribution < -0.4 is 10.2 Å². The van der Waals surface area contributed by atoms with Crippen LogP contribution in [0.3, 0.4) is 0 Å². The third-order valence-electron chi connectivity index (χ3n) is 3.25. The Labute approximate surface area is 122 Å². The van der Waals surface area contributed by atoms with Crippen molar-refractivity contribution in [3.8, 4) is 0 Å². The Hall–Kier alpha value is -2.26. The summed E-state index contributed by atoms with van der Waals surface area (Å²) < 4.78 is 0. The SMILES string of the molecule is CN(/C=C1/C(=O)Nc2ccc(Cl)cc21)c1ccccc1. The number of fused-ring (bicyclic) bond motifs is 1. The number of nitrogens with zero attached hydrogens (tertiary/aromatic N) is 1. The standard InChI is InChI=1S/C16H13ClN2O/c1-19(12-5-3-2-4-6-12)10-14-13-9-11(17)7-8-15(13)18-16(14)20/h2-10H,1H3,(H,18,20)/b14-10+. The average molecular weight is 285 g/mol. The summed E-state index contributed by atoms with van der Waals surface area (Å²) in [5, 5.41) is 3.46. The summed E-state index contributed by atoms with van der Waals surface area (Å²) in [6.45, 7) is 0. The highest BCUT2D eigenvalue weighted by Crippen LogP contribution is 2.34. The minimum Gasteiger partial charge on any atom is -0.350 e. The summed E-state index contributed by atoms with van der Waals surface area (Å²) in [4.78, 5) is 14.0. The second-order valence-corrected chi connectivity index (χ2v) is 5.07. The number of carbonyl (C=O) groups excluding carboxylic acids is 1. The van der Waals surface area contributed by atoms with Gasteiger partial charge in [0.05, 0.1) is 5.57 Å². The minimum atomic E-state index is -0.106. The molecule has 3 rings (SSSR count). The van der Waals surface area contributed by atoms with Crippen LogP contribution in [0.15, 0.2) is 54.7 Å². The van der Waals surface area contributed by atoms with E-state index in [0.29, 0.717) is 10.6 Å². The monoisotopic (exact) mass is 284 g/mol. The van der Waals surface area contributed by atoms with E-state index in [2.05, 4.69) is 5.32 Å². The highest BCUT2D eigenvalue weighted by Gasteiger charge is 2.24. The normalized spacial score (nSPS) is 15.1. The predicted molar refractivity (Wildman–Crippen MR) is 82.9 cm³/mol. The molecule has 20 heavy (non-hydrogen) atoms. The first-order valence-electron chi connectivity index (χ1n) is 6.26. The molecule has 0 saturated carbocycles. The van der Waals surface area contributed by atoms with Crippen molar-refractivity contribution < 1.29 is 4.79 Å². The molecule has 100 valence electrons. The van der Waals surface area contributed by atoms with Crippen LogP contribution in [0.5, 0.6) is 0 Å². The molecule has 0 atom stereocenters. The molecule has 2 aromatic rings. The van der Waals surface area contributed by atoms with Crippen LogP contribution >= 0.6 is 11.6 Å². The minimum absolute atomic E-state index is 0.106. The number of carbonyl (C=O) groups is 1. The molecule has 0 spiro atoms. The maximum Gasteiger partial charge on any atom is 0.257 e. The first-order valence-corrected chi connectivity index (χ1v) is 6.64. The fraction of sp³-hybridized carbons (Fsp3) is 0.0625. The van der Waals surface area contributed by atoms with Gasteiger partial charge in [-0.25, -0.2) is 0 Å². The van der Waals surface area contributed by atoms with Crippen molar-refractivity contribution in [1.29, 1.82) is 0 Å². The fourth-order valence-corrected chi connectivity index (χ4v) is 2.39. The highest BCUT2D eigenvalue weighted by molar-refractivity contribution is 6.34. The average Bonchev–Trinajstić information content (AvgIpc) is 2.76. The van der Waals surface area contributed by atoms with Gasteiger partial charge in [-0.2, -0.15) is 0 Å². The molecule has 1 aliphatic rings. The Bertz CT molecular complexity index is 695. The van der Waals surface area contributed by atoms with E-state index in [1.807, 2.05) is 54.5 Å². The first-order chi connectivity index (χ1) is 9.65. The molecule has 1 amide bonds. The molecular formula is C16H13ClN2O. The third-order valence-corrected chi connectivity index (χ3v) is 3.49. The van der Waals surface area contributed by atoms with Gasteiger partial charge in [-0.3, -0.25) is 4.79 Å². The largest absolute Gasteiger partial charge is 0.350 e. The second-order valence-electron chi connectivity index (χ2n) is 4.63. The van der Waals surface area contributed by atoms with E-state index in [9.17, 15) is 4.79 Å². The van der Waals surface area contributed by atoms with Crippen LogP contribution in [0.1, 0.15) is 5.56 Å². The van der Waals surface area contributed by atoms with Gasteiger partial charge in [0, 0.05) is 35.2 Å². The Kier molecular flexibility index (Phi) is 3.20. The van der Waals surface area contributed by atoms with Crippen LogP contribution in [-0.4, -0.2) is 13.0 Å². The molecule has 2 aromatic carbocycles. The molecule has 1 aliphatic heterocycles. The lowest BCUT2D eigenvalue weighted by Crippen LogP contribution is -2.12. The molecule has 0 fully saturated rings. The first kappa shape index (κ1) is 12.8. The highest BCUT2D eigenvalue weighted by atomic mass is 35.5. The van der Waals surface area contributed by atoms with Crippen molar-refractivity contribution in [1.82, 2.24) is 0 Å². The van der Waals surface area contributed by atoms with E-state index in [1.165, 1.54) is 0 Å². The zero-order valence-corrected chi connectivity index (χ0v) is 11.7. The Morgan fingerprint density at radius 1 is 1.15 bits per heavy atom. The van der Waals surface area contributed by atoms with Crippen LogP contribution in [0, 0.1) is 0 Å². The van der Waals surface area contributed by atoms with E-state index >= 15 is 0 Å². The van der Waals surface area contributed by atoms with Gasteiger partial charge < -0.3 is 10.2 Å². The van der Waals surface area contributed by atoms with Crippen LogP contribution in [-0.2, 0) is 4.79 Å². The van der Waals surface area contributed by atoms with Gasteiger partial charge in [-0.15, -0.1) is 0 Å². The van der Waals surface area contributed by atoms with Crippen LogP contribution in [0.2, 0.25) is 5.02 Å². The molecule has 0 bridgehead atoms. The van der Waals surface area contributed by atoms with E-state index in [1.54, 1.807) is 12.1 Å². The van der Waals surface area contributed by atoms with Crippen molar-refractivity contribution in [3.05, 3.63) is 65.3 Å². The molecule has 0 aliphatic carbocycles. The fourth-order valence-electron chi connectivity index (χ4n) is 2.22. The summed E-state index contributed by atoms with van der Waals surface area (Å²) >= 11 is 6.01. The molecule has 1 heterocycles. The predicted octanol–water partition coefficient (Wildman–Crippen LogP) is 3.77. The van der Waals surface area contributed by atoms with E-state index < -0.39 is 0 Å². The smallest absolute Gasteiger partial charge is 0.257 e. The zero-order valence-electron chi connectivity index (χ0n) is 10.9. The summed E-state index contributed by atoms with van der Waals surface area (Å²) in [7, 11) is 1.91. The molecule has 4 heteroatoms. The van der Waals surface area contributed by atoms with Crippen LogP contribution in [0.25, 0.3) is 5.57 Å². The number of anilines is 2. The second kappa shape index (κ2) is 5.02. The lowest BCUT2D eigenvalue weighted by atomic mass is 10.1. The lowest BCUT2D eigenvalue weighted by Gasteiger charge is -2.14. The Balaban J connectivity index is 2.01. The van der Waals surface area contributed by atoms with Crippen molar-refractivity contribution in [2.24, 2.45) is 0 Å². The van der Waals surface area contributed by atoms with Gasteiger partial charge in [-0.1, -0.05) is 29.8 Å². The lowest BCUT2D eigenvalue weighted by molar-refractivity contribution is -0.110. The Morgan fingerprint density at radius 2 is 1.90 bits per heavy atom. The van der Waals surface area contributed by atoms with Crippen molar-refractivity contribution in [2.45, 2.75) is 0 Å². The van der Waals surface area contributed by atoms with E-state index in [-0.39, 0.29) is 5.91 Å². The molecule has 1 N–H and O–H groups in total. The van der Waals surface area contributed by atoms with E-state index in [0.717, 1.165) is 16.9 Å². The number of rotatable bonds is 2. The summed E-state index contributed by atoms with van der Waals surface area (Å²) in [5.74, 6) is -0.106. The molecular weight excluding hydrogens is 272 g/mol. The van der Waals surface area contributed by atoms with Gasteiger partial charge in [-0.05, 0) is 30.3 Å². The maximum absolute atomic E-state index is 12.1. The van der Waals surface area contributed by atoms with Crippen molar-refractivity contribution in [2.75, 3.05) is 17.3 Å². The summed E-state index contributed by atoms with van der Waals surface area (Å²) in [5.41, 5.74) is 3.27. The number of amides is 1.